The summed E-state index contributed by atoms with van der Waals surface area (Å²) in [5.74, 6) is -1.36. The Labute approximate surface area is 113 Å². The third-order valence-electron chi connectivity index (χ3n) is 2.20. The summed E-state index contributed by atoms with van der Waals surface area (Å²) in [6.45, 7) is 0. The van der Waals surface area contributed by atoms with Crippen molar-refractivity contribution in [1.82, 2.24) is 4.98 Å². The van der Waals surface area contributed by atoms with Crippen LogP contribution >= 0.6 is 11.6 Å². The molecule has 2 aromatic rings. The third kappa shape index (κ3) is 3.10. The summed E-state index contributed by atoms with van der Waals surface area (Å²) >= 11 is 5.57. The van der Waals surface area contributed by atoms with Crippen molar-refractivity contribution in [3.63, 3.8) is 0 Å². The zero-order valence-electron chi connectivity index (χ0n) is 9.90. The van der Waals surface area contributed by atoms with Gasteiger partial charge in [0.1, 0.15) is 10.7 Å². The predicted octanol–water partition coefficient (Wildman–Crippen LogP) is 3.00. The minimum Gasteiger partial charge on any atom is -0.400 e. The van der Waals surface area contributed by atoms with Crippen LogP contribution in [0.15, 0.2) is 30.3 Å². The number of nitrogens with two attached hydrogens (primary N) is 1. The van der Waals surface area contributed by atoms with Crippen LogP contribution in [0.5, 0.6) is 5.88 Å². The number of aliphatic hydroxyl groups is 1. The summed E-state index contributed by atoms with van der Waals surface area (Å²) in [5, 5.41) is 6.62. The third-order valence-corrected chi connectivity index (χ3v) is 2.57. The fourth-order valence-electron chi connectivity index (χ4n) is 1.38. The van der Waals surface area contributed by atoms with Gasteiger partial charge in [-0.1, -0.05) is 41.9 Å². The maximum Gasteiger partial charge on any atom is 0.284 e. The van der Waals surface area contributed by atoms with Gasteiger partial charge in [-0.2, -0.15) is 0 Å². The first kappa shape index (κ1) is 15.1. The molecule has 1 aromatic carbocycles. The van der Waals surface area contributed by atoms with Gasteiger partial charge in [0.15, 0.2) is 5.82 Å². The van der Waals surface area contributed by atoms with Crippen molar-refractivity contribution in [3.05, 3.63) is 41.2 Å². The van der Waals surface area contributed by atoms with E-state index in [1.165, 1.54) is 0 Å². The number of aliphatic hydroxyl groups excluding tert-OH is 1. The number of nitrogens with zero attached hydrogens (tertiary/aromatic N) is 1. The molecule has 0 aliphatic carbocycles. The molecule has 0 atom stereocenters. The normalized spacial score (nSPS) is 9.53. The van der Waals surface area contributed by atoms with Crippen molar-refractivity contribution in [3.8, 4) is 17.1 Å². The maximum atomic E-state index is 13.8. The van der Waals surface area contributed by atoms with E-state index in [4.69, 9.17) is 22.4 Å². The lowest BCUT2D eigenvalue weighted by molar-refractivity contribution is -0.0116. The molecule has 1 heterocycles. The molecule has 4 nitrogen and oxygen atoms in total. The number of nitrogen functional groups attached to an aromatic ring is 1. The lowest BCUT2D eigenvalue weighted by Gasteiger charge is -2.08. The monoisotopic (exact) mass is 288 g/mol. The zero-order valence-corrected chi connectivity index (χ0v) is 10.7. The fraction of sp³-hybridized carbons (Fsp3) is 0.0833. The minimum atomic E-state index is -0.804. The van der Waals surface area contributed by atoms with E-state index in [9.17, 15) is 8.92 Å². The molecule has 0 saturated heterocycles. The summed E-state index contributed by atoms with van der Waals surface area (Å²) in [7, 11) is 1.00. The number of hydrogen-bond acceptors (Lipinski definition) is 4. The van der Waals surface area contributed by atoms with Crippen molar-refractivity contribution in [2.75, 3.05) is 12.8 Å². The number of anilines is 1. The number of pyridine rings is 1. The molecule has 0 spiro atoms. The van der Waals surface area contributed by atoms with E-state index in [0.29, 0.717) is 5.56 Å². The Kier molecular flexibility index (Phi) is 5.47. The van der Waals surface area contributed by atoms with Crippen molar-refractivity contribution in [2.24, 2.45) is 0 Å². The Morgan fingerprint density at radius 3 is 2.37 bits per heavy atom. The van der Waals surface area contributed by atoms with E-state index in [-0.39, 0.29) is 10.7 Å². The van der Waals surface area contributed by atoms with Gasteiger partial charge in [-0.25, -0.2) is 9.37 Å². The second-order valence-electron chi connectivity index (χ2n) is 3.25. The standard InChI is InChI=1S/C11H7ClF2N2O.CH4O/c12-7-9(15)8(13)10(16-11(7)17-14)6-4-2-1-3-5-6;1-2/h1-5H,(H2,15,16);2H,1H3. The average molecular weight is 289 g/mol. The van der Waals surface area contributed by atoms with Crippen molar-refractivity contribution in [1.29, 1.82) is 0 Å². The zero-order chi connectivity index (χ0) is 14.4. The topological polar surface area (TPSA) is 68.4 Å². The summed E-state index contributed by atoms with van der Waals surface area (Å²) < 4.78 is 26.0. The number of rotatable bonds is 2. The van der Waals surface area contributed by atoms with Crippen molar-refractivity contribution >= 4 is 17.3 Å². The summed E-state index contributed by atoms with van der Waals surface area (Å²) in [6, 6.07) is 8.36. The first-order valence-electron chi connectivity index (χ1n) is 5.08. The number of hydrogen-bond donors (Lipinski definition) is 2. The van der Waals surface area contributed by atoms with Gasteiger partial charge in [0.2, 0.25) is 0 Å². The smallest absolute Gasteiger partial charge is 0.284 e. The SMILES string of the molecule is CO.Nc1c(F)c(-c2ccccc2)nc(OF)c1Cl. The van der Waals surface area contributed by atoms with Crippen LogP contribution in [0.2, 0.25) is 5.02 Å². The van der Waals surface area contributed by atoms with Gasteiger partial charge in [0.25, 0.3) is 5.88 Å². The molecule has 19 heavy (non-hydrogen) atoms. The number of benzene rings is 1. The molecule has 0 bridgehead atoms. The quantitative estimate of drug-likeness (QED) is 0.891. The summed E-state index contributed by atoms with van der Waals surface area (Å²) in [5.41, 5.74) is 5.35. The van der Waals surface area contributed by atoms with E-state index >= 15 is 0 Å². The van der Waals surface area contributed by atoms with Crippen LogP contribution in [0.25, 0.3) is 11.3 Å². The molecule has 0 fully saturated rings. The van der Waals surface area contributed by atoms with Crippen LogP contribution < -0.4 is 10.7 Å². The molecule has 0 saturated carbocycles. The van der Waals surface area contributed by atoms with Crippen LogP contribution in [0, 0.1) is 5.82 Å². The van der Waals surface area contributed by atoms with Gasteiger partial charge in [-0.3, -0.25) is 4.94 Å². The van der Waals surface area contributed by atoms with Gasteiger partial charge < -0.3 is 10.8 Å². The average Bonchev–Trinajstić information content (AvgIpc) is 2.48. The largest absolute Gasteiger partial charge is 0.400 e. The molecular weight excluding hydrogens is 278 g/mol. The highest BCUT2D eigenvalue weighted by Gasteiger charge is 2.19. The van der Waals surface area contributed by atoms with Gasteiger partial charge >= 0.3 is 0 Å². The first-order chi connectivity index (χ1) is 9.15. The van der Waals surface area contributed by atoms with Crippen LogP contribution in [0.1, 0.15) is 0 Å². The predicted molar refractivity (Wildman–Crippen MR) is 68.9 cm³/mol. The van der Waals surface area contributed by atoms with Crippen molar-refractivity contribution < 1.29 is 19.0 Å². The van der Waals surface area contributed by atoms with E-state index in [1.54, 1.807) is 30.3 Å². The highest BCUT2D eigenvalue weighted by molar-refractivity contribution is 6.34. The number of aromatic nitrogens is 1. The first-order valence-corrected chi connectivity index (χ1v) is 5.46. The Balaban J connectivity index is 0.000000861. The Bertz CT molecular complexity index is 553. The van der Waals surface area contributed by atoms with E-state index in [1.807, 2.05) is 0 Å². The minimum absolute atomic E-state index is 0.111. The highest BCUT2D eigenvalue weighted by atomic mass is 35.5. The summed E-state index contributed by atoms with van der Waals surface area (Å²) in [6.07, 6.45) is 0. The Morgan fingerprint density at radius 2 is 1.84 bits per heavy atom. The lowest BCUT2D eigenvalue weighted by atomic mass is 10.1. The van der Waals surface area contributed by atoms with Gasteiger partial charge in [-0.15, -0.1) is 0 Å². The highest BCUT2D eigenvalue weighted by Crippen LogP contribution is 2.35. The van der Waals surface area contributed by atoms with E-state index in [2.05, 4.69) is 9.93 Å². The van der Waals surface area contributed by atoms with Gasteiger partial charge in [0.05, 0.1) is 5.69 Å². The van der Waals surface area contributed by atoms with Crippen LogP contribution in [-0.4, -0.2) is 17.2 Å². The van der Waals surface area contributed by atoms with Crippen molar-refractivity contribution in [2.45, 2.75) is 0 Å². The summed E-state index contributed by atoms with van der Waals surface area (Å²) in [4.78, 5) is 7.09. The molecule has 0 aliphatic heterocycles. The van der Waals surface area contributed by atoms with Crippen LogP contribution in [0.4, 0.5) is 14.6 Å². The molecule has 0 radical (unpaired) electrons. The van der Waals surface area contributed by atoms with Gasteiger partial charge in [-0.05, 0) is 0 Å². The molecule has 7 heteroatoms. The van der Waals surface area contributed by atoms with Crippen LogP contribution in [0.3, 0.4) is 0 Å². The lowest BCUT2D eigenvalue weighted by Crippen LogP contribution is -2.00. The van der Waals surface area contributed by atoms with E-state index < -0.39 is 17.4 Å². The molecule has 0 amide bonds. The fourth-order valence-corrected chi connectivity index (χ4v) is 1.53. The molecule has 3 N–H and O–H groups in total. The second-order valence-corrected chi connectivity index (χ2v) is 3.63. The van der Waals surface area contributed by atoms with Gasteiger partial charge in [0, 0.05) is 17.2 Å². The number of halogens is 3. The molecule has 0 aliphatic rings. The maximum absolute atomic E-state index is 13.8. The Hall–Kier alpha value is -1.92. The second kappa shape index (κ2) is 6.86. The molecule has 0 unspecified atom stereocenters. The molecule has 102 valence electrons. The van der Waals surface area contributed by atoms with E-state index in [0.717, 1.165) is 7.11 Å². The Morgan fingerprint density at radius 1 is 1.26 bits per heavy atom. The molecule has 1 aromatic heterocycles. The molecule has 2 rings (SSSR count). The molecular formula is C12H11ClF2N2O2. The van der Waals surface area contributed by atoms with Crippen LogP contribution in [-0.2, 0) is 0 Å².